The smallest absolute Gasteiger partial charge is 0.224 e. The molecule has 1 amide bonds. The van der Waals surface area contributed by atoms with Crippen LogP contribution >= 0.6 is 11.3 Å². The van der Waals surface area contributed by atoms with Crippen molar-refractivity contribution in [2.75, 3.05) is 26.8 Å². The van der Waals surface area contributed by atoms with E-state index in [1.807, 2.05) is 11.8 Å². The minimum absolute atomic E-state index is 0.0641. The summed E-state index contributed by atoms with van der Waals surface area (Å²) in [5.41, 5.74) is 1.08. The van der Waals surface area contributed by atoms with Crippen LogP contribution in [0.25, 0.3) is 4.83 Å². The van der Waals surface area contributed by atoms with Gasteiger partial charge in [-0.2, -0.15) is 0 Å². The predicted octanol–water partition coefficient (Wildman–Crippen LogP) is 2.62. The molecule has 0 unspecified atom stereocenters. The molecule has 1 atom stereocenters. The zero-order chi connectivity index (χ0) is 15.7. The van der Waals surface area contributed by atoms with Crippen LogP contribution < -0.4 is 0 Å². The molecule has 22 heavy (non-hydrogen) atoms. The second-order valence-corrected chi connectivity index (χ2v) is 7.20. The summed E-state index contributed by atoms with van der Waals surface area (Å²) in [6.07, 6.45) is 4.63. The number of aryl methyl sites for hydroxylation is 1. The van der Waals surface area contributed by atoms with Crippen LogP contribution in [0.1, 0.15) is 37.7 Å². The Hall–Kier alpha value is -1.40. The summed E-state index contributed by atoms with van der Waals surface area (Å²) in [6.45, 7) is 6.37. The Bertz CT molecular complexity index is 678. The van der Waals surface area contributed by atoms with Crippen molar-refractivity contribution < 1.29 is 9.53 Å². The summed E-state index contributed by atoms with van der Waals surface area (Å²) in [6, 6.07) is 0. The second kappa shape index (κ2) is 6.01. The number of amides is 1. The molecule has 1 fully saturated rings. The number of piperidine rings is 1. The van der Waals surface area contributed by atoms with Crippen LogP contribution in [0.2, 0.25) is 0 Å². The van der Waals surface area contributed by atoms with Gasteiger partial charge in [0.2, 0.25) is 5.91 Å². The molecule has 0 aliphatic carbocycles. The lowest BCUT2D eigenvalue weighted by Gasteiger charge is -2.39. The van der Waals surface area contributed by atoms with E-state index in [9.17, 15) is 4.79 Å². The summed E-state index contributed by atoms with van der Waals surface area (Å²) in [7, 11) is 1.63. The first-order valence-corrected chi connectivity index (χ1v) is 8.62. The summed E-state index contributed by atoms with van der Waals surface area (Å²) in [5, 5.41) is 2.10. The molecule has 3 heterocycles. The average Bonchev–Trinajstić information content (AvgIpc) is 3.09. The summed E-state index contributed by atoms with van der Waals surface area (Å²) >= 11 is 1.73. The van der Waals surface area contributed by atoms with E-state index in [4.69, 9.17) is 9.72 Å². The van der Waals surface area contributed by atoms with Crippen molar-refractivity contribution in [2.24, 2.45) is 0 Å². The lowest BCUT2D eigenvalue weighted by Crippen LogP contribution is -2.47. The van der Waals surface area contributed by atoms with Crippen molar-refractivity contribution in [1.82, 2.24) is 14.3 Å². The maximum absolute atomic E-state index is 12.3. The Morgan fingerprint density at radius 1 is 1.55 bits per heavy atom. The molecular formula is C16H23N3O2S. The average molecular weight is 321 g/mol. The van der Waals surface area contributed by atoms with Gasteiger partial charge in [-0.3, -0.25) is 9.20 Å². The molecule has 1 aliphatic heterocycles. The van der Waals surface area contributed by atoms with Crippen molar-refractivity contribution in [2.45, 2.75) is 38.5 Å². The zero-order valence-electron chi connectivity index (χ0n) is 13.5. The van der Waals surface area contributed by atoms with Gasteiger partial charge in [0.15, 0.2) is 0 Å². The molecule has 5 nitrogen and oxygen atoms in total. The van der Waals surface area contributed by atoms with E-state index in [0.717, 1.165) is 37.4 Å². The number of methoxy groups -OCH3 is 1. The number of hydrogen-bond donors (Lipinski definition) is 0. The fourth-order valence-electron chi connectivity index (χ4n) is 3.35. The first kappa shape index (κ1) is 15.5. The quantitative estimate of drug-likeness (QED) is 0.870. The molecule has 0 bridgehead atoms. The van der Waals surface area contributed by atoms with Gasteiger partial charge >= 0.3 is 0 Å². The number of carbonyl (C=O) groups is 1. The monoisotopic (exact) mass is 321 g/mol. The molecule has 0 spiro atoms. The predicted molar refractivity (Wildman–Crippen MR) is 87.5 cm³/mol. The van der Waals surface area contributed by atoms with Gasteiger partial charge in [0.25, 0.3) is 0 Å². The Morgan fingerprint density at radius 3 is 3.14 bits per heavy atom. The lowest BCUT2D eigenvalue weighted by atomic mass is 9.79. The molecule has 2 aromatic rings. The molecule has 1 saturated heterocycles. The van der Waals surface area contributed by atoms with Gasteiger partial charge in [-0.05, 0) is 19.8 Å². The molecule has 3 rings (SSSR count). The normalized spacial score (nSPS) is 22.4. The number of hydrogen-bond acceptors (Lipinski definition) is 4. The van der Waals surface area contributed by atoms with Crippen molar-refractivity contribution in [3.8, 4) is 0 Å². The van der Waals surface area contributed by atoms with Crippen molar-refractivity contribution >= 4 is 22.1 Å². The topological polar surface area (TPSA) is 46.8 Å². The maximum Gasteiger partial charge on any atom is 0.224 e. The Morgan fingerprint density at radius 2 is 2.36 bits per heavy atom. The summed E-state index contributed by atoms with van der Waals surface area (Å²) in [4.78, 5) is 20.3. The lowest BCUT2D eigenvalue weighted by molar-refractivity contribution is -0.134. The standard InChI is InChI=1S/C16H23N3O2S/c1-12-17-14(15-19(12)8-10-22-15)16(2)6-4-7-18(11-16)13(20)5-9-21-3/h8,10H,4-7,9,11H2,1-3H3/t16-/m1/s1. The fourth-order valence-corrected chi connectivity index (χ4v) is 4.38. The Kier molecular flexibility index (Phi) is 4.23. The third kappa shape index (κ3) is 2.65. The van der Waals surface area contributed by atoms with Crippen LogP contribution in [-0.2, 0) is 14.9 Å². The van der Waals surface area contributed by atoms with Gasteiger partial charge in [-0.1, -0.05) is 6.92 Å². The highest BCUT2D eigenvalue weighted by Gasteiger charge is 2.38. The molecule has 0 saturated carbocycles. The number of nitrogens with zero attached hydrogens (tertiary/aromatic N) is 3. The Balaban J connectivity index is 1.85. The van der Waals surface area contributed by atoms with E-state index in [2.05, 4.69) is 22.9 Å². The van der Waals surface area contributed by atoms with Crippen LogP contribution in [-0.4, -0.2) is 47.0 Å². The third-order valence-corrected chi connectivity index (χ3v) is 5.45. The van der Waals surface area contributed by atoms with Crippen LogP contribution in [0.3, 0.4) is 0 Å². The SMILES string of the molecule is COCCC(=O)N1CCC[C@@](C)(c2nc(C)n3ccsc23)C1. The van der Waals surface area contributed by atoms with E-state index < -0.39 is 0 Å². The number of imidazole rings is 1. The van der Waals surface area contributed by atoms with Gasteiger partial charge in [-0.15, -0.1) is 11.3 Å². The second-order valence-electron chi connectivity index (χ2n) is 6.31. The molecule has 120 valence electrons. The molecule has 0 aromatic carbocycles. The third-order valence-electron chi connectivity index (χ3n) is 4.57. The molecule has 1 aliphatic rings. The number of fused-ring (bicyclic) bond motifs is 1. The van der Waals surface area contributed by atoms with Crippen LogP contribution in [0, 0.1) is 6.92 Å². The van der Waals surface area contributed by atoms with Crippen LogP contribution in [0.5, 0.6) is 0 Å². The number of rotatable bonds is 4. The number of likely N-dealkylation sites (tertiary alicyclic amines) is 1. The van der Waals surface area contributed by atoms with Crippen molar-refractivity contribution in [1.29, 1.82) is 0 Å². The highest BCUT2D eigenvalue weighted by Crippen LogP contribution is 2.37. The van der Waals surface area contributed by atoms with Gasteiger partial charge in [-0.25, -0.2) is 4.98 Å². The first-order chi connectivity index (χ1) is 10.5. The van der Waals surface area contributed by atoms with E-state index >= 15 is 0 Å². The molecule has 6 heteroatoms. The van der Waals surface area contributed by atoms with Gasteiger partial charge in [0, 0.05) is 37.2 Å². The molecule has 2 aromatic heterocycles. The van der Waals surface area contributed by atoms with E-state index in [1.54, 1.807) is 18.4 Å². The fraction of sp³-hybridized carbons (Fsp3) is 0.625. The largest absolute Gasteiger partial charge is 0.384 e. The van der Waals surface area contributed by atoms with E-state index in [1.165, 1.54) is 4.83 Å². The van der Waals surface area contributed by atoms with E-state index in [-0.39, 0.29) is 11.3 Å². The molecule has 0 radical (unpaired) electrons. The van der Waals surface area contributed by atoms with Gasteiger partial charge in [0.1, 0.15) is 10.7 Å². The van der Waals surface area contributed by atoms with Crippen molar-refractivity contribution in [3.05, 3.63) is 23.1 Å². The minimum atomic E-state index is -0.0641. The summed E-state index contributed by atoms with van der Waals surface area (Å²) < 4.78 is 7.18. The van der Waals surface area contributed by atoms with Gasteiger partial charge < -0.3 is 9.64 Å². The number of carbonyl (C=O) groups excluding carboxylic acids is 1. The highest BCUT2D eigenvalue weighted by atomic mass is 32.1. The maximum atomic E-state index is 12.3. The van der Waals surface area contributed by atoms with Gasteiger partial charge in [0.05, 0.1) is 18.7 Å². The zero-order valence-corrected chi connectivity index (χ0v) is 14.3. The first-order valence-electron chi connectivity index (χ1n) is 7.74. The van der Waals surface area contributed by atoms with Crippen LogP contribution in [0.15, 0.2) is 11.6 Å². The van der Waals surface area contributed by atoms with E-state index in [0.29, 0.717) is 13.0 Å². The molecular weight excluding hydrogens is 298 g/mol. The highest BCUT2D eigenvalue weighted by molar-refractivity contribution is 7.15. The summed E-state index contributed by atoms with van der Waals surface area (Å²) in [5.74, 6) is 1.21. The number of ether oxygens (including phenoxy) is 1. The van der Waals surface area contributed by atoms with Crippen molar-refractivity contribution in [3.63, 3.8) is 0 Å². The Labute approximate surface area is 134 Å². The molecule has 0 N–H and O–H groups in total. The number of aromatic nitrogens is 2. The van der Waals surface area contributed by atoms with Crippen LogP contribution in [0.4, 0.5) is 0 Å². The number of thiazole rings is 1. The minimum Gasteiger partial charge on any atom is -0.384 e.